The number of fused-ring (bicyclic) bond motifs is 1. The zero-order valence-electron chi connectivity index (χ0n) is 19.8. The van der Waals surface area contributed by atoms with E-state index in [1.807, 2.05) is 24.4 Å². The number of nitrogens with zero attached hydrogens (tertiary/aromatic N) is 2. The molecule has 35 heavy (non-hydrogen) atoms. The van der Waals surface area contributed by atoms with E-state index in [1.54, 1.807) is 31.2 Å². The number of phenols is 1. The molecule has 0 radical (unpaired) electrons. The average molecular weight is 513 g/mol. The van der Waals surface area contributed by atoms with E-state index in [0.29, 0.717) is 21.8 Å². The summed E-state index contributed by atoms with van der Waals surface area (Å²) in [7, 11) is 0. The lowest BCUT2D eigenvalue weighted by Gasteiger charge is -2.23. The largest absolute Gasteiger partial charge is 0.508 e. The molecule has 0 saturated carbocycles. The van der Waals surface area contributed by atoms with Crippen LogP contribution in [0, 0.1) is 0 Å². The molecule has 2 heterocycles. The van der Waals surface area contributed by atoms with Gasteiger partial charge in [-0.3, -0.25) is 9.69 Å². The third-order valence-corrected chi connectivity index (χ3v) is 8.06. The van der Waals surface area contributed by atoms with Gasteiger partial charge in [0, 0.05) is 10.4 Å². The van der Waals surface area contributed by atoms with E-state index >= 15 is 0 Å². The van der Waals surface area contributed by atoms with E-state index in [2.05, 4.69) is 5.16 Å². The van der Waals surface area contributed by atoms with Crippen LogP contribution in [0.15, 0.2) is 46.9 Å². The number of thiophene rings is 2. The minimum Gasteiger partial charge on any atom is -0.508 e. The van der Waals surface area contributed by atoms with Gasteiger partial charge in [0.05, 0.1) is 29.3 Å². The minimum atomic E-state index is -0.426. The first-order valence-corrected chi connectivity index (χ1v) is 13.3. The number of aromatic hydroxyl groups is 1. The lowest BCUT2D eigenvalue weighted by molar-refractivity contribution is -0.123. The predicted octanol–water partition coefficient (Wildman–Crippen LogP) is 5.54. The number of aryl methyl sites for hydroxylation is 1. The van der Waals surface area contributed by atoms with Crippen molar-refractivity contribution in [2.45, 2.75) is 46.1 Å². The van der Waals surface area contributed by atoms with Crippen molar-refractivity contribution in [3.8, 4) is 5.75 Å². The highest BCUT2D eigenvalue weighted by atomic mass is 32.1. The Labute approximate surface area is 212 Å². The third kappa shape index (κ3) is 5.74. The lowest BCUT2D eigenvalue weighted by Crippen LogP contribution is -2.34. The lowest BCUT2D eigenvalue weighted by atomic mass is 9.95. The summed E-state index contributed by atoms with van der Waals surface area (Å²) in [6.07, 6.45) is 3.68. The molecule has 1 aliphatic rings. The monoisotopic (exact) mass is 512 g/mol. The quantitative estimate of drug-likeness (QED) is 0.231. The number of esters is 1. The van der Waals surface area contributed by atoms with Gasteiger partial charge < -0.3 is 14.7 Å². The molecule has 0 aliphatic heterocycles. The molecule has 2 aromatic heterocycles. The van der Waals surface area contributed by atoms with E-state index in [9.17, 15) is 14.7 Å². The van der Waals surface area contributed by atoms with Gasteiger partial charge in [-0.15, -0.1) is 22.7 Å². The molecule has 4 rings (SSSR count). The van der Waals surface area contributed by atoms with Gasteiger partial charge in [0.15, 0.2) is 6.61 Å². The molecular formula is C26H28N2O5S2. The SMILES string of the molecule is CCOC(=O)c1c(N(Cc2ccccc2O)C(=O)CON=C(C)c2cccs2)sc2c1CCCC2. The molecule has 1 aromatic carbocycles. The fraction of sp³-hybridized carbons (Fsp3) is 0.346. The number of benzene rings is 1. The Kier molecular flexibility index (Phi) is 8.20. The van der Waals surface area contributed by atoms with E-state index in [-0.39, 0.29) is 31.4 Å². The van der Waals surface area contributed by atoms with Crippen LogP contribution in [0.3, 0.4) is 0 Å². The molecule has 7 nitrogen and oxygen atoms in total. The molecule has 0 atom stereocenters. The van der Waals surface area contributed by atoms with Gasteiger partial charge in [0.1, 0.15) is 10.8 Å². The van der Waals surface area contributed by atoms with Crippen molar-refractivity contribution in [2.24, 2.45) is 5.16 Å². The molecule has 9 heteroatoms. The van der Waals surface area contributed by atoms with Crippen LogP contribution in [0.25, 0.3) is 0 Å². The second-order valence-corrected chi connectivity index (χ2v) is 10.2. The van der Waals surface area contributed by atoms with Gasteiger partial charge in [0.25, 0.3) is 5.91 Å². The highest BCUT2D eigenvalue weighted by molar-refractivity contribution is 7.17. The minimum absolute atomic E-state index is 0.0804. The molecule has 0 fully saturated rings. The summed E-state index contributed by atoms with van der Waals surface area (Å²) < 4.78 is 5.38. The number of rotatable bonds is 9. The number of oxime groups is 1. The molecular weight excluding hydrogens is 484 g/mol. The van der Waals surface area contributed by atoms with Crippen molar-refractivity contribution in [3.63, 3.8) is 0 Å². The normalized spacial score (nSPS) is 13.3. The van der Waals surface area contributed by atoms with Crippen LogP contribution in [-0.4, -0.2) is 35.9 Å². The van der Waals surface area contributed by atoms with Crippen molar-refractivity contribution in [3.05, 3.63) is 68.2 Å². The number of anilines is 1. The molecule has 0 saturated heterocycles. The van der Waals surface area contributed by atoms with E-state index in [0.717, 1.165) is 41.0 Å². The molecule has 184 valence electrons. The summed E-state index contributed by atoms with van der Waals surface area (Å²) in [5.41, 5.74) is 2.67. The van der Waals surface area contributed by atoms with Crippen molar-refractivity contribution in [1.29, 1.82) is 0 Å². The van der Waals surface area contributed by atoms with Crippen LogP contribution in [-0.2, 0) is 33.8 Å². The number of carbonyl (C=O) groups is 2. The maximum Gasteiger partial charge on any atom is 0.341 e. The number of hydrogen-bond acceptors (Lipinski definition) is 8. The Morgan fingerprint density at radius 2 is 1.94 bits per heavy atom. The summed E-state index contributed by atoms with van der Waals surface area (Å²) in [5, 5.41) is 17.0. The van der Waals surface area contributed by atoms with Crippen molar-refractivity contribution < 1.29 is 24.3 Å². The average Bonchev–Trinajstić information content (AvgIpc) is 3.52. The molecule has 1 aliphatic carbocycles. The summed E-state index contributed by atoms with van der Waals surface area (Å²) in [6.45, 7) is 3.62. The van der Waals surface area contributed by atoms with Crippen LogP contribution < -0.4 is 4.90 Å². The Morgan fingerprint density at radius 3 is 2.69 bits per heavy atom. The third-order valence-electron chi connectivity index (χ3n) is 5.77. The van der Waals surface area contributed by atoms with Crippen LogP contribution in [0.4, 0.5) is 5.00 Å². The van der Waals surface area contributed by atoms with Crippen molar-refractivity contribution in [1.82, 2.24) is 0 Å². The summed E-state index contributed by atoms with van der Waals surface area (Å²) in [6, 6.07) is 10.7. The van der Waals surface area contributed by atoms with Gasteiger partial charge in [-0.2, -0.15) is 0 Å². The summed E-state index contributed by atoms with van der Waals surface area (Å²) in [4.78, 5) is 35.5. The number of amides is 1. The Morgan fingerprint density at radius 1 is 1.14 bits per heavy atom. The number of carbonyl (C=O) groups excluding carboxylic acids is 2. The Balaban J connectivity index is 1.67. The van der Waals surface area contributed by atoms with Crippen LogP contribution in [0.5, 0.6) is 5.75 Å². The second-order valence-electron chi connectivity index (χ2n) is 8.15. The predicted molar refractivity (Wildman–Crippen MR) is 139 cm³/mol. The fourth-order valence-electron chi connectivity index (χ4n) is 4.04. The zero-order valence-corrected chi connectivity index (χ0v) is 21.4. The first kappa shape index (κ1) is 24.9. The number of hydrogen-bond donors (Lipinski definition) is 1. The van der Waals surface area contributed by atoms with E-state index < -0.39 is 5.97 Å². The molecule has 0 spiro atoms. The molecule has 1 N–H and O–H groups in total. The van der Waals surface area contributed by atoms with Crippen LogP contribution >= 0.6 is 22.7 Å². The van der Waals surface area contributed by atoms with Gasteiger partial charge in [-0.05, 0) is 62.6 Å². The van der Waals surface area contributed by atoms with Crippen LogP contribution in [0.2, 0.25) is 0 Å². The number of phenolic OH excluding ortho intramolecular Hbond substituents is 1. The zero-order chi connectivity index (χ0) is 24.8. The van der Waals surface area contributed by atoms with Crippen molar-refractivity contribution >= 4 is 45.3 Å². The second kappa shape index (κ2) is 11.5. The maximum atomic E-state index is 13.5. The topological polar surface area (TPSA) is 88.4 Å². The van der Waals surface area contributed by atoms with E-state index in [1.165, 1.54) is 27.6 Å². The van der Waals surface area contributed by atoms with Crippen molar-refractivity contribution in [2.75, 3.05) is 18.1 Å². The van der Waals surface area contributed by atoms with Gasteiger partial charge >= 0.3 is 5.97 Å². The number of ether oxygens (including phenoxy) is 1. The van der Waals surface area contributed by atoms with Gasteiger partial charge in [0.2, 0.25) is 0 Å². The van der Waals surface area contributed by atoms with E-state index in [4.69, 9.17) is 9.57 Å². The van der Waals surface area contributed by atoms with Gasteiger partial charge in [-0.25, -0.2) is 4.79 Å². The number of para-hydroxylation sites is 1. The van der Waals surface area contributed by atoms with Crippen LogP contribution in [0.1, 0.15) is 57.9 Å². The molecule has 1 amide bonds. The summed E-state index contributed by atoms with van der Waals surface area (Å²) >= 11 is 2.99. The highest BCUT2D eigenvalue weighted by Crippen LogP contribution is 2.41. The molecule has 0 bridgehead atoms. The smallest absolute Gasteiger partial charge is 0.341 e. The van der Waals surface area contributed by atoms with Gasteiger partial charge in [-0.1, -0.05) is 29.4 Å². The molecule has 0 unspecified atom stereocenters. The first-order valence-electron chi connectivity index (χ1n) is 11.6. The highest BCUT2D eigenvalue weighted by Gasteiger charge is 2.32. The molecule has 3 aromatic rings. The Hall–Kier alpha value is -3.17. The fourth-order valence-corrected chi connectivity index (χ4v) is 6.10. The standard InChI is InChI=1S/C26H28N2O5S2/c1-3-32-26(31)24-19-10-5-7-12-22(19)35-25(24)28(15-18-9-4-6-11-20(18)29)23(30)16-33-27-17(2)21-13-8-14-34-21/h4,6,8-9,11,13-14,29H,3,5,7,10,12,15-16H2,1-2H3. The first-order chi connectivity index (χ1) is 17.0. The summed E-state index contributed by atoms with van der Waals surface area (Å²) in [5.74, 6) is -0.707. The Bertz CT molecular complexity index is 1220. The maximum absolute atomic E-state index is 13.5.